The molecule has 5 nitrogen and oxygen atoms in total. The lowest BCUT2D eigenvalue weighted by Crippen LogP contribution is -2.23. The average Bonchev–Trinajstić information content (AvgIpc) is 3.04. The van der Waals surface area contributed by atoms with E-state index in [9.17, 15) is 4.79 Å². The van der Waals surface area contributed by atoms with E-state index in [2.05, 4.69) is 29.7 Å². The molecule has 1 aliphatic rings. The molecular formula is C22H27N3O2. The predicted molar refractivity (Wildman–Crippen MR) is 108 cm³/mol. The fraction of sp³-hybridized carbons (Fsp3) is 0.455. The summed E-state index contributed by atoms with van der Waals surface area (Å²) in [5.41, 5.74) is 5.25. The predicted octanol–water partition coefficient (Wildman–Crippen LogP) is 3.70. The number of imidazole rings is 1. The first kappa shape index (κ1) is 18.0. The summed E-state index contributed by atoms with van der Waals surface area (Å²) in [7, 11) is 1.80. The zero-order chi connectivity index (χ0) is 19.0. The van der Waals surface area contributed by atoms with Gasteiger partial charge in [0.05, 0.1) is 17.6 Å². The minimum atomic E-state index is 0.0374. The van der Waals surface area contributed by atoms with Gasteiger partial charge in [0.2, 0.25) is 0 Å². The summed E-state index contributed by atoms with van der Waals surface area (Å²) in [6, 6.07) is 8.47. The Kier molecular flexibility index (Phi) is 4.87. The summed E-state index contributed by atoms with van der Waals surface area (Å²) >= 11 is 0. The van der Waals surface area contributed by atoms with Gasteiger partial charge >= 0.3 is 0 Å². The third-order valence-corrected chi connectivity index (χ3v) is 5.54. The highest BCUT2D eigenvalue weighted by Gasteiger charge is 2.20. The van der Waals surface area contributed by atoms with Crippen molar-refractivity contribution < 1.29 is 4.74 Å². The molecule has 0 aliphatic carbocycles. The Hall–Kier alpha value is -2.40. The number of ether oxygens (including phenoxy) is 1. The van der Waals surface area contributed by atoms with E-state index in [0.717, 1.165) is 55.1 Å². The topological polar surface area (TPSA) is 49.0 Å². The lowest BCUT2D eigenvalue weighted by molar-refractivity contribution is 0.0489. The van der Waals surface area contributed by atoms with Gasteiger partial charge in [-0.15, -0.1) is 0 Å². The monoisotopic (exact) mass is 365 g/mol. The maximum atomic E-state index is 12.1. The molecule has 1 aliphatic heterocycles. The smallest absolute Gasteiger partial charge is 0.253 e. The Balaban J connectivity index is 1.88. The molecule has 3 heterocycles. The molecule has 0 amide bonds. The molecule has 3 aromatic rings. The number of hydrogen-bond acceptors (Lipinski definition) is 3. The second kappa shape index (κ2) is 7.31. The molecule has 0 spiro atoms. The van der Waals surface area contributed by atoms with E-state index in [4.69, 9.17) is 9.72 Å². The first-order chi connectivity index (χ1) is 13.1. The Morgan fingerprint density at radius 3 is 2.85 bits per heavy atom. The van der Waals surface area contributed by atoms with Crippen LogP contribution in [0.1, 0.15) is 30.9 Å². The fourth-order valence-corrected chi connectivity index (χ4v) is 4.00. The zero-order valence-electron chi connectivity index (χ0n) is 16.4. The van der Waals surface area contributed by atoms with Gasteiger partial charge in [0.1, 0.15) is 5.82 Å². The third-order valence-electron chi connectivity index (χ3n) is 5.54. The highest BCUT2D eigenvalue weighted by molar-refractivity contribution is 5.81. The maximum Gasteiger partial charge on any atom is 0.253 e. The van der Waals surface area contributed by atoms with E-state index in [1.165, 1.54) is 17.5 Å². The molecule has 1 unspecified atom stereocenters. The Morgan fingerprint density at radius 2 is 2.15 bits per heavy atom. The minimum absolute atomic E-state index is 0.0374. The number of rotatable bonds is 4. The van der Waals surface area contributed by atoms with Gasteiger partial charge in [0.15, 0.2) is 0 Å². The standard InChI is InChI=1S/C22H27N3O2/c1-4-16-7-8-19-20(11-16)25(12-17-6-5-9-27-14-17)21(23-19)18-10-15(2)22(26)24(3)13-18/h7-8,10-11,13,17H,4-6,9,12,14H2,1-3H3. The van der Waals surface area contributed by atoms with Crippen LogP contribution in [0.2, 0.25) is 0 Å². The van der Waals surface area contributed by atoms with E-state index in [0.29, 0.717) is 5.92 Å². The van der Waals surface area contributed by atoms with Gasteiger partial charge in [-0.1, -0.05) is 13.0 Å². The molecule has 4 rings (SSSR count). The average molecular weight is 365 g/mol. The van der Waals surface area contributed by atoms with Gasteiger partial charge in [0.25, 0.3) is 5.56 Å². The van der Waals surface area contributed by atoms with Crippen molar-refractivity contribution in [2.45, 2.75) is 39.7 Å². The van der Waals surface area contributed by atoms with Crippen molar-refractivity contribution in [1.82, 2.24) is 14.1 Å². The largest absolute Gasteiger partial charge is 0.381 e. The van der Waals surface area contributed by atoms with Crippen LogP contribution in [0, 0.1) is 12.8 Å². The highest BCUT2D eigenvalue weighted by atomic mass is 16.5. The lowest BCUT2D eigenvalue weighted by atomic mass is 10.0. The molecule has 0 radical (unpaired) electrons. The number of benzene rings is 1. The van der Waals surface area contributed by atoms with E-state index in [1.807, 2.05) is 19.2 Å². The van der Waals surface area contributed by atoms with Gasteiger partial charge in [-0.3, -0.25) is 4.79 Å². The molecule has 0 N–H and O–H groups in total. The molecule has 142 valence electrons. The number of hydrogen-bond donors (Lipinski definition) is 0. The fourth-order valence-electron chi connectivity index (χ4n) is 4.00. The Bertz CT molecular complexity index is 1000. The van der Waals surface area contributed by atoms with E-state index < -0.39 is 0 Å². The Labute approximate surface area is 159 Å². The van der Waals surface area contributed by atoms with Gasteiger partial charge in [-0.2, -0.15) is 0 Å². The van der Waals surface area contributed by atoms with Gasteiger partial charge in [-0.25, -0.2) is 4.98 Å². The van der Waals surface area contributed by atoms with Crippen molar-refractivity contribution in [1.29, 1.82) is 0 Å². The van der Waals surface area contributed by atoms with Crippen molar-refractivity contribution in [3.63, 3.8) is 0 Å². The quantitative estimate of drug-likeness (QED) is 0.708. The second-order valence-corrected chi connectivity index (χ2v) is 7.63. The minimum Gasteiger partial charge on any atom is -0.381 e. The Morgan fingerprint density at radius 1 is 1.30 bits per heavy atom. The van der Waals surface area contributed by atoms with Crippen molar-refractivity contribution >= 4 is 11.0 Å². The molecule has 0 saturated carbocycles. The summed E-state index contributed by atoms with van der Waals surface area (Å²) in [4.78, 5) is 17.1. The summed E-state index contributed by atoms with van der Waals surface area (Å²) in [5, 5.41) is 0. The number of nitrogens with zero attached hydrogens (tertiary/aromatic N) is 3. The van der Waals surface area contributed by atoms with Crippen molar-refractivity contribution in [2.75, 3.05) is 13.2 Å². The summed E-state index contributed by atoms with van der Waals surface area (Å²) in [6.45, 7) is 6.60. The maximum absolute atomic E-state index is 12.1. The van der Waals surface area contributed by atoms with Crippen LogP contribution in [-0.2, 0) is 24.8 Å². The molecule has 27 heavy (non-hydrogen) atoms. The van der Waals surface area contributed by atoms with E-state index in [-0.39, 0.29) is 5.56 Å². The molecular weight excluding hydrogens is 338 g/mol. The number of fused-ring (bicyclic) bond motifs is 1. The number of pyridine rings is 1. The first-order valence-electron chi connectivity index (χ1n) is 9.81. The van der Waals surface area contributed by atoms with Crippen LogP contribution in [0.3, 0.4) is 0 Å². The molecule has 1 atom stereocenters. The summed E-state index contributed by atoms with van der Waals surface area (Å²) in [5.74, 6) is 1.43. The van der Waals surface area contributed by atoms with Crippen molar-refractivity contribution in [3.8, 4) is 11.4 Å². The molecule has 2 aromatic heterocycles. The van der Waals surface area contributed by atoms with E-state index in [1.54, 1.807) is 11.6 Å². The molecule has 1 saturated heterocycles. The summed E-state index contributed by atoms with van der Waals surface area (Å²) < 4.78 is 9.68. The first-order valence-corrected chi connectivity index (χ1v) is 9.81. The van der Waals surface area contributed by atoms with E-state index >= 15 is 0 Å². The normalized spacial score (nSPS) is 17.5. The number of aromatic nitrogens is 3. The second-order valence-electron chi connectivity index (χ2n) is 7.63. The third kappa shape index (κ3) is 3.44. The highest BCUT2D eigenvalue weighted by Crippen LogP contribution is 2.28. The van der Waals surface area contributed by atoms with Crippen LogP contribution in [0.15, 0.2) is 35.3 Å². The zero-order valence-corrected chi connectivity index (χ0v) is 16.4. The van der Waals surface area contributed by atoms with Crippen LogP contribution < -0.4 is 5.56 Å². The molecule has 1 fully saturated rings. The van der Waals surface area contributed by atoms with Crippen molar-refractivity contribution in [2.24, 2.45) is 13.0 Å². The summed E-state index contributed by atoms with van der Waals surface area (Å²) in [6.07, 6.45) is 5.19. The van der Waals surface area contributed by atoms with Crippen LogP contribution in [0.5, 0.6) is 0 Å². The molecule has 0 bridgehead atoms. The molecule has 1 aromatic carbocycles. The van der Waals surface area contributed by atoms with Gasteiger partial charge < -0.3 is 13.9 Å². The van der Waals surface area contributed by atoms with Crippen LogP contribution in [-0.4, -0.2) is 27.3 Å². The van der Waals surface area contributed by atoms with Crippen LogP contribution in [0.4, 0.5) is 0 Å². The van der Waals surface area contributed by atoms with Gasteiger partial charge in [-0.05, 0) is 49.9 Å². The van der Waals surface area contributed by atoms with Crippen molar-refractivity contribution in [3.05, 3.63) is 51.9 Å². The van der Waals surface area contributed by atoms with Crippen LogP contribution in [0.25, 0.3) is 22.4 Å². The van der Waals surface area contributed by atoms with Gasteiger partial charge in [0, 0.05) is 43.4 Å². The number of aryl methyl sites for hydroxylation is 3. The van der Waals surface area contributed by atoms with Crippen LogP contribution >= 0.6 is 0 Å². The SMILES string of the molecule is CCc1ccc2nc(-c3cc(C)c(=O)n(C)c3)n(CC3CCCOC3)c2c1. The molecule has 5 heteroatoms. The lowest BCUT2D eigenvalue weighted by Gasteiger charge is -2.23.